The second-order valence-electron chi connectivity index (χ2n) is 8.65. The number of rotatable bonds is 8. The Morgan fingerprint density at radius 2 is 1.76 bits per heavy atom. The van der Waals surface area contributed by atoms with Crippen molar-refractivity contribution in [1.82, 2.24) is 10.2 Å². The summed E-state index contributed by atoms with van der Waals surface area (Å²) in [6, 6.07) is 23.7. The number of carbonyl (C=O) groups is 3. The number of nitriles is 1. The molecule has 7 nitrogen and oxygen atoms in total. The number of thioether (sulfide) groups is 1. The van der Waals surface area contributed by atoms with E-state index in [0.717, 1.165) is 16.0 Å². The minimum atomic E-state index is -0.740. The quantitative estimate of drug-likeness (QED) is 0.259. The van der Waals surface area contributed by atoms with Gasteiger partial charge < -0.3 is 10.1 Å². The summed E-state index contributed by atoms with van der Waals surface area (Å²) in [5.74, 6) is -0.909. The van der Waals surface area contributed by atoms with E-state index in [-0.39, 0.29) is 23.9 Å². The minimum absolute atomic E-state index is 0.103. The van der Waals surface area contributed by atoms with Gasteiger partial charge in [-0.2, -0.15) is 5.26 Å². The molecule has 5 rings (SSSR count). The number of ether oxygens (including phenoxy) is 1. The number of hydrogen-bond acceptors (Lipinski definition) is 7. The first-order valence-corrected chi connectivity index (χ1v) is 13.9. The van der Waals surface area contributed by atoms with E-state index in [0.29, 0.717) is 11.3 Å². The highest BCUT2D eigenvalue weighted by Gasteiger charge is 2.54. The fourth-order valence-electron chi connectivity index (χ4n) is 4.44. The van der Waals surface area contributed by atoms with E-state index in [9.17, 15) is 14.4 Å². The van der Waals surface area contributed by atoms with Gasteiger partial charge >= 0.3 is 5.97 Å². The van der Waals surface area contributed by atoms with Crippen molar-refractivity contribution < 1.29 is 19.1 Å². The van der Waals surface area contributed by atoms with Crippen LogP contribution in [0.3, 0.4) is 0 Å². The summed E-state index contributed by atoms with van der Waals surface area (Å²) in [6.45, 7) is 0. The summed E-state index contributed by atoms with van der Waals surface area (Å²) in [6.07, 6.45) is 2.31. The van der Waals surface area contributed by atoms with Gasteiger partial charge in [0.2, 0.25) is 5.91 Å². The number of β-lactam (4-membered cyclic amide) rings is 1. The smallest absolute Gasteiger partial charge is 0.356 e. The van der Waals surface area contributed by atoms with Crippen molar-refractivity contribution in [2.24, 2.45) is 0 Å². The summed E-state index contributed by atoms with van der Waals surface area (Å²) in [4.78, 5) is 41.9. The van der Waals surface area contributed by atoms with E-state index in [1.54, 1.807) is 0 Å². The molecule has 2 amide bonds. The Labute approximate surface area is 228 Å². The van der Waals surface area contributed by atoms with Crippen molar-refractivity contribution in [3.63, 3.8) is 0 Å². The Balaban J connectivity index is 1.40. The number of nitrogens with zero attached hydrogens (tertiary/aromatic N) is 2. The van der Waals surface area contributed by atoms with Gasteiger partial charge in [0.25, 0.3) is 5.91 Å². The van der Waals surface area contributed by atoms with Crippen LogP contribution in [-0.4, -0.2) is 39.9 Å². The van der Waals surface area contributed by atoms with Crippen molar-refractivity contribution in [3.05, 3.63) is 118 Å². The monoisotopic (exact) mass is 541 g/mol. The highest BCUT2D eigenvalue weighted by molar-refractivity contribution is 8.00. The third kappa shape index (κ3) is 5.28. The van der Waals surface area contributed by atoms with Gasteiger partial charge in [0.15, 0.2) is 6.10 Å². The second kappa shape index (κ2) is 11.5. The molecule has 9 heteroatoms. The van der Waals surface area contributed by atoms with E-state index < -0.39 is 23.5 Å². The maximum absolute atomic E-state index is 13.7. The topological polar surface area (TPSA) is 99.5 Å². The number of carbonyl (C=O) groups excluding carboxylic acids is 3. The first kappa shape index (κ1) is 25.5. The van der Waals surface area contributed by atoms with Gasteiger partial charge in [0.1, 0.15) is 17.1 Å². The molecule has 2 aliphatic heterocycles. The van der Waals surface area contributed by atoms with Gasteiger partial charge in [-0.15, -0.1) is 23.1 Å². The second-order valence-corrected chi connectivity index (χ2v) is 10.8. The Bertz CT molecular complexity index is 1390. The number of thiophene rings is 1. The van der Waals surface area contributed by atoms with Crippen LogP contribution in [0.4, 0.5) is 0 Å². The third-order valence-electron chi connectivity index (χ3n) is 6.21. The van der Waals surface area contributed by atoms with Crippen LogP contribution in [0.25, 0.3) is 0 Å². The SMILES string of the molecule is N#CC=CC1=C(C(=O)OC(c2ccccc2)c2ccccc2)N2C(=O)[C@@H](NC(=O)Cc3cccs3)[C@@H]2SC1. The number of benzene rings is 2. The van der Waals surface area contributed by atoms with Crippen LogP contribution in [0.1, 0.15) is 22.1 Å². The maximum atomic E-state index is 13.7. The zero-order chi connectivity index (χ0) is 26.5. The van der Waals surface area contributed by atoms with Crippen LogP contribution < -0.4 is 5.32 Å². The van der Waals surface area contributed by atoms with Gasteiger partial charge in [0, 0.05) is 16.7 Å². The predicted octanol–water partition coefficient (Wildman–Crippen LogP) is 4.36. The van der Waals surface area contributed by atoms with Crippen molar-refractivity contribution in [2.75, 3.05) is 5.75 Å². The number of hydrogen-bond donors (Lipinski definition) is 1. The number of esters is 1. The lowest BCUT2D eigenvalue weighted by molar-refractivity contribution is -0.154. The fourth-order valence-corrected chi connectivity index (χ4v) is 6.46. The fraction of sp³-hybridized carbons (Fsp3) is 0.172. The molecule has 2 aromatic carbocycles. The van der Waals surface area contributed by atoms with Crippen LogP contribution in [-0.2, 0) is 25.5 Å². The highest BCUT2D eigenvalue weighted by atomic mass is 32.2. The van der Waals surface area contributed by atoms with Crippen LogP contribution in [0, 0.1) is 11.3 Å². The van der Waals surface area contributed by atoms with E-state index in [2.05, 4.69) is 5.32 Å². The Morgan fingerprint density at radius 1 is 1.08 bits per heavy atom. The van der Waals surface area contributed by atoms with E-state index in [4.69, 9.17) is 10.00 Å². The van der Waals surface area contributed by atoms with Crippen molar-refractivity contribution in [1.29, 1.82) is 5.26 Å². The first-order chi connectivity index (χ1) is 18.6. The molecule has 0 unspecified atom stereocenters. The largest absolute Gasteiger partial charge is 0.448 e. The molecule has 38 heavy (non-hydrogen) atoms. The summed E-state index contributed by atoms with van der Waals surface area (Å²) in [5, 5.41) is 13.4. The zero-order valence-electron chi connectivity index (χ0n) is 20.2. The van der Waals surface area contributed by atoms with Gasteiger partial charge in [-0.05, 0) is 34.2 Å². The Morgan fingerprint density at radius 3 is 2.37 bits per heavy atom. The predicted molar refractivity (Wildman–Crippen MR) is 146 cm³/mol. The molecular weight excluding hydrogens is 518 g/mol. The Hall–Kier alpha value is -4.13. The van der Waals surface area contributed by atoms with Gasteiger partial charge in [-0.3, -0.25) is 14.5 Å². The molecule has 2 aliphatic rings. The highest BCUT2D eigenvalue weighted by Crippen LogP contribution is 2.42. The third-order valence-corrected chi connectivity index (χ3v) is 8.39. The molecule has 1 N–H and O–H groups in total. The van der Waals surface area contributed by atoms with Crippen LogP contribution in [0.15, 0.2) is 102 Å². The molecule has 1 aromatic heterocycles. The molecule has 0 saturated carbocycles. The molecule has 0 aliphatic carbocycles. The van der Waals surface area contributed by atoms with E-state index in [1.807, 2.05) is 84.2 Å². The van der Waals surface area contributed by atoms with Crippen molar-refractivity contribution in [3.8, 4) is 6.07 Å². The average molecular weight is 542 g/mol. The lowest BCUT2D eigenvalue weighted by atomic mass is 10.0. The summed E-state index contributed by atoms with van der Waals surface area (Å²) in [7, 11) is 0. The molecular formula is C29H23N3O4S2. The lowest BCUT2D eigenvalue weighted by Crippen LogP contribution is -2.70. The number of allylic oxidation sites excluding steroid dienone is 2. The molecule has 0 radical (unpaired) electrons. The minimum Gasteiger partial charge on any atom is -0.448 e. The maximum Gasteiger partial charge on any atom is 0.356 e. The average Bonchev–Trinajstić information content (AvgIpc) is 3.46. The Kier molecular flexibility index (Phi) is 7.73. The number of nitrogens with one attached hydrogen (secondary N) is 1. The lowest BCUT2D eigenvalue weighted by Gasteiger charge is -2.49. The molecule has 1 fully saturated rings. The van der Waals surface area contributed by atoms with Gasteiger partial charge in [-0.1, -0.05) is 66.7 Å². The first-order valence-electron chi connectivity index (χ1n) is 11.9. The molecule has 190 valence electrons. The normalized spacial score (nSPS) is 18.6. The molecule has 2 atom stereocenters. The van der Waals surface area contributed by atoms with E-state index in [1.165, 1.54) is 40.2 Å². The summed E-state index contributed by atoms with van der Waals surface area (Å²) in [5.41, 5.74) is 2.20. The number of amides is 2. The molecule has 3 heterocycles. The standard InChI is InChI=1S/C29H23N3O4S2/c30-15-7-13-21-18-38-28-24(31-23(33)17-22-14-8-16-37-22)27(34)32(28)25(21)29(35)36-26(19-9-3-1-4-10-19)20-11-5-2-6-12-20/h1-14,16,24,26,28H,17-18H2,(H,31,33)/t24-,28+/m1/s1. The van der Waals surface area contributed by atoms with Crippen LogP contribution >= 0.6 is 23.1 Å². The van der Waals surface area contributed by atoms with Crippen LogP contribution in [0.5, 0.6) is 0 Å². The van der Waals surface area contributed by atoms with Crippen molar-refractivity contribution in [2.45, 2.75) is 23.9 Å². The zero-order valence-corrected chi connectivity index (χ0v) is 21.8. The summed E-state index contributed by atoms with van der Waals surface area (Å²) >= 11 is 2.91. The molecule has 0 bridgehead atoms. The molecule has 3 aromatic rings. The van der Waals surface area contributed by atoms with Crippen molar-refractivity contribution >= 4 is 40.9 Å². The molecule has 1 saturated heterocycles. The number of fused-ring (bicyclic) bond motifs is 1. The molecule has 0 spiro atoms. The van der Waals surface area contributed by atoms with Gasteiger partial charge in [-0.25, -0.2) is 4.79 Å². The van der Waals surface area contributed by atoms with Gasteiger partial charge in [0.05, 0.1) is 12.5 Å². The van der Waals surface area contributed by atoms with E-state index >= 15 is 0 Å². The van der Waals surface area contributed by atoms with Crippen LogP contribution in [0.2, 0.25) is 0 Å². The summed E-state index contributed by atoms with van der Waals surface area (Å²) < 4.78 is 6.06.